The zero-order chi connectivity index (χ0) is 13.0. The van der Waals surface area contributed by atoms with Gasteiger partial charge in [-0.2, -0.15) is 0 Å². The highest BCUT2D eigenvalue weighted by Gasteiger charge is 2.11. The van der Waals surface area contributed by atoms with Crippen molar-refractivity contribution in [3.05, 3.63) is 51.6 Å². The zero-order valence-corrected chi connectivity index (χ0v) is 12.8. The first-order valence-electron chi connectivity index (χ1n) is 6.07. The molecule has 0 aliphatic heterocycles. The summed E-state index contributed by atoms with van der Waals surface area (Å²) >= 11 is 2.32. The van der Waals surface area contributed by atoms with Crippen molar-refractivity contribution in [2.75, 3.05) is 6.61 Å². The molecule has 96 valence electrons. The number of nitrogens with zero attached hydrogens (tertiary/aromatic N) is 2. The third-order valence-corrected chi connectivity index (χ3v) is 3.51. The average molecular weight is 356 g/mol. The molecule has 1 atom stereocenters. The van der Waals surface area contributed by atoms with E-state index in [0.717, 1.165) is 12.4 Å². The molecule has 0 fully saturated rings. The summed E-state index contributed by atoms with van der Waals surface area (Å²) in [5.74, 6) is 0.982. The zero-order valence-electron chi connectivity index (χ0n) is 10.6. The quantitative estimate of drug-likeness (QED) is 0.765. The molecule has 0 saturated carbocycles. The second kappa shape index (κ2) is 6.33. The van der Waals surface area contributed by atoms with Crippen molar-refractivity contribution < 1.29 is 4.74 Å². The molecule has 1 aromatic heterocycles. The first kappa shape index (κ1) is 13.5. The highest BCUT2D eigenvalue weighted by atomic mass is 127. The standard InChI is InChI=1S/C14H17IN2O/c1-3-18-11(2)14-16-8-9-17(14)10-12-4-6-13(15)7-5-12/h4-9,11H,3,10H2,1-2H3/t11-/m1/s1. The predicted octanol–water partition coefficient (Wildman–Crippen LogP) is 3.63. The lowest BCUT2D eigenvalue weighted by Gasteiger charge is -2.14. The maximum Gasteiger partial charge on any atom is 0.137 e. The summed E-state index contributed by atoms with van der Waals surface area (Å²) in [5.41, 5.74) is 1.28. The summed E-state index contributed by atoms with van der Waals surface area (Å²) in [6.45, 7) is 5.58. The van der Waals surface area contributed by atoms with Crippen LogP contribution in [0.5, 0.6) is 0 Å². The van der Waals surface area contributed by atoms with Crippen LogP contribution in [0, 0.1) is 3.57 Å². The molecule has 0 amide bonds. The van der Waals surface area contributed by atoms with Crippen LogP contribution in [-0.2, 0) is 11.3 Å². The number of halogens is 1. The minimum atomic E-state index is 0.0360. The van der Waals surface area contributed by atoms with Gasteiger partial charge in [0.1, 0.15) is 11.9 Å². The molecule has 0 aliphatic rings. The fourth-order valence-electron chi connectivity index (χ4n) is 1.92. The van der Waals surface area contributed by atoms with E-state index in [4.69, 9.17) is 4.74 Å². The molecular weight excluding hydrogens is 339 g/mol. The molecule has 2 rings (SSSR count). The molecule has 0 N–H and O–H groups in total. The Hall–Kier alpha value is -0.880. The fourth-order valence-corrected chi connectivity index (χ4v) is 2.28. The largest absolute Gasteiger partial charge is 0.371 e. The Kier molecular flexibility index (Phi) is 4.77. The summed E-state index contributed by atoms with van der Waals surface area (Å²) in [4.78, 5) is 4.38. The number of ether oxygens (including phenoxy) is 1. The van der Waals surface area contributed by atoms with Gasteiger partial charge in [0.15, 0.2) is 0 Å². The smallest absolute Gasteiger partial charge is 0.137 e. The molecular formula is C14H17IN2O. The van der Waals surface area contributed by atoms with E-state index in [9.17, 15) is 0 Å². The second-order valence-electron chi connectivity index (χ2n) is 4.14. The van der Waals surface area contributed by atoms with E-state index in [1.54, 1.807) is 0 Å². The van der Waals surface area contributed by atoms with Crippen molar-refractivity contribution in [3.8, 4) is 0 Å². The Bertz CT molecular complexity index is 493. The van der Waals surface area contributed by atoms with Crippen molar-refractivity contribution in [1.29, 1.82) is 0 Å². The van der Waals surface area contributed by atoms with Gasteiger partial charge >= 0.3 is 0 Å². The lowest BCUT2D eigenvalue weighted by Crippen LogP contribution is -2.10. The number of imidazole rings is 1. The number of hydrogen-bond acceptors (Lipinski definition) is 2. The maximum absolute atomic E-state index is 5.60. The Morgan fingerprint density at radius 2 is 2.06 bits per heavy atom. The third kappa shape index (κ3) is 3.32. The molecule has 4 heteroatoms. The van der Waals surface area contributed by atoms with Crippen LogP contribution in [0.1, 0.15) is 31.3 Å². The second-order valence-corrected chi connectivity index (χ2v) is 5.38. The van der Waals surface area contributed by atoms with Gasteiger partial charge in [-0.3, -0.25) is 0 Å². The summed E-state index contributed by atoms with van der Waals surface area (Å²) in [7, 11) is 0. The van der Waals surface area contributed by atoms with E-state index in [-0.39, 0.29) is 6.10 Å². The first-order chi connectivity index (χ1) is 8.70. The maximum atomic E-state index is 5.60. The molecule has 1 aromatic carbocycles. The summed E-state index contributed by atoms with van der Waals surface area (Å²) in [5, 5.41) is 0. The van der Waals surface area contributed by atoms with Crippen LogP contribution in [-0.4, -0.2) is 16.2 Å². The normalized spacial score (nSPS) is 12.6. The van der Waals surface area contributed by atoms with Gasteiger partial charge in [0.05, 0.1) is 0 Å². The molecule has 0 aliphatic carbocycles. The van der Waals surface area contributed by atoms with E-state index in [0.29, 0.717) is 6.61 Å². The summed E-state index contributed by atoms with van der Waals surface area (Å²) in [6, 6.07) is 8.55. The van der Waals surface area contributed by atoms with Gasteiger partial charge in [0.2, 0.25) is 0 Å². The molecule has 0 saturated heterocycles. The van der Waals surface area contributed by atoms with Crippen LogP contribution >= 0.6 is 22.6 Å². The SMILES string of the molecule is CCO[C@H](C)c1nccn1Cc1ccc(I)cc1. The third-order valence-electron chi connectivity index (χ3n) is 2.79. The van der Waals surface area contributed by atoms with E-state index in [1.165, 1.54) is 9.13 Å². The monoisotopic (exact) mass is 356 g/mol. The molecule has 0 radical (unpaired) electrons. The van der Waals surface area contributed by atoms with Crippen molar-refractivity contribution in [3.63, 3.8) is 0 Å². The lowest BCUT2D eigenvalue weighted by atomic mass is 10.2. The highest BCUT2D eigenvalue weighted by Crippen LogP contribution is 2.16. The van der Waals surface area contributed by atoms with E-state index >= 15 is 0 Å². The lowest BCUT2D eigenvalue weighted by molar-refractivity contribution is 0.0677. The van der Waals surface area contributed by atoms with Gasteiger partial charge in [-0.05, 0) is 54.1 Å². The minimum Gasteiger partial charge on any atom is -0.371 e. The van der Waals surface area contributed by atoms with Crippen molar-refractivity contribution >= 4 is 22.6 Å². The van der Waals surface area contributed by atoms with Gasteiger partial charge in [-0.25, -0.2) is 4.98 Å². The molecule has 2 aromatic rings. The van der Waals surface area contributed by atoms with Gasteiger partial charge in [-0.1, -0.05) is 12.1 Å². The molecule has 0 unspecified atom stereocenters. The molecule has 0 bridgehead atoms. The fraction of sp³-hybridized carbons (Fsp3) is 0.357. The summed E-state index contributed by atoms with van der Waals surface area (Å²) in [6.07, 6.45) is 3.87. The van der Waals surface area contributed by atoms with Crippen LogP contribution in [0.4, 0.5) is 0 Å². The number of rotatable bonds is 5. The van der Waals surface area contributed by atoms with Gasteiger partial charge in [-0.15, -0.1) is 0 Å². The van der Waals surface area contributed by atoms with Crippen LogP contribution in [0.15, 0.2) is 36.7 Å². The van der Waals surface area contributed by atoms with E-state index in [1.807, 2.05) is 26.2 Å². The van der Waals surface area contributed by atoms with Crippen molar-refractivity contribution in [1.82, 2.24) is 9.55 Å². The molecule has 3 nitrogen and oxygen atoms in total. The van der Waals surface area contributed by atoms with E-state index in [2.05, 4.69) is 56.4 Å². The minimum absolute atomic E-state index is 0.0360. The Morgan fingerprint density at radius 3 is 2.72 bits per heavy atom. The van der Waals surface area contributed by atoms with Gasteiger partial charge in [0.25, 0.3) is 0 Å². The predicted molar refractivity (Wildman–Crippen MR) is 80.5 cm³/mol. The van der Waals surface area contributed by atoms with Crippen LogP contribution in [0.25, 0.3) is 0 Å². The van der Waals surface area contributed by atoms with Crippen LogP contribution in [0.2, 0.25) is 0 Å². The number of aromatic nitrogens is 2. The Balaban J connectivity index is 2.14. The average Bonchev–Trinajstić information content (AvgIpc) is 2.81. The highest BCUT2D eigenvalue weighted by molar-refractivity contribution is 14.1. The van der Waals surface area contributed by atoms with Crippen LogP contribution in [0.3, 0.4) is 0 Å². The van der Waals surface area contributed by atoms with Crippen molar-refractivity contribution in [2.24, 2.45) is 0 Å². The van der Waals surface area contributed by atoms with Gasteiger partial charge in [0, 0.05) is 29.1 Å². The number of benzene rings is 1. The van der Waals surface area contributed by atoms with Gasteiger partial charge < -0.3 is 9.30 Å². The topological polar surface area (TPSA) is 27.1 Å². The van der Waals surface area contributed by atoms with Crippen molar-refractivity contribution in [2.45, 2.75) is 26.5 Å². The molecule has 18 heavy (non-hydrogen) atoms. The van der Waals surface area contributed by atoms with E-state index < -0.39 is 0 Å². The first-order valence-corrected chi connectivity index (χ1v) is 7.15. The number of hydrogen-bond donors (Lipinski definition) is 0. The molecule has 0 spiro atoms. The Labute approximate surface area is 121 Å². The summed E-state index contributed by atoms with van der Waals surface area (Å²) < 4.78 is 9.00. The Morgan fingerprint density at radius 1 is 1.33 bits per heavy atom. The van der Waals surface area contributed by atoms with Crippen LogP contribution < -0.4 is 0 Å². The molecule has 1 heterocycles.